The van der Waals surface area contributed by atoms with Crippen molar-refractivity contribution in [1.29, 1.82) is 0 Å². The number of rotatable bonds is 6. The highest BCUT2D eigenvalue weighted by Crippen LogP contribution is 2.46. The fraction of sp³-hybridized carbons (Fsp3) is 0.706. The van der Waals surface area contributed by atoms with Gasteiger partial charge in [-0.15, -0.1) is 0 Å². The van der Waals surface area contributed by atoms with Crippen molar-refractivity contribution < 1.29 is 14.3 Å². The molecule has 1 aromatic rings. The van der Waals surface area contributed by atoms with E-state index >= 15 is 0 Å². The zero-order chi connectivity index (χ0) is 17.3. The average molecular weight is 334 g/mol. The molecule has 2 aliphatic rings. The van der Waals surface area contributed by atoms with E-state index in [9.17, 15) is 9.59 Å². The van der Waals surface area contributed by atoms with Crippen LogP contribution in [0.4, 0.5) is 0 Å². The highest BCUT2D eigenvalue weighted by molar-refractivity contribution is 5.92. The number of nitrogens with zero attached hydrogens (tertiary/aromatic N) is 2. The number of carbonyl (C=O) groups excluding carboxylic acids is 2. The van der Waals surface area contributed by atoms with Gasteiger partial charge in [-0.1, -0.05) is 13.8 Å². The second-order valence-corrected chi connectivity index (χ2v) is 7.29. The van der Waals surface area contributed by atoms with Crippen LogP contribution in [0, 0.1) is 5.41 Å². The van der Waals surface area contributed by atoms with E-state index in [1.807, 2.05) is 6.07 Å². The summed E-state index contributed by atoms with van der Waals surface area (Å²) in [7, 11) is 1.62. The number of methoxy groups -OCH3 is 1. The van der Waals surface area contributed by atoms with Gasteiger partial charge in [-0.3, -0.25) is 14.7 Å². The molecule has 1 aromatic heterocycles. The molecule has 7 nitrogen and oxygen atoms in total. The number of amides is 2. The molecule has 2 heterocycles. The molecule has 2 fully saturated rings. The Morgan fingerprint density at radius 2 is 2.25 bits per heavy atom. The van der Waals surface area contributed by atoms with E-state index in [1.54, 1.807) is 12.0 Å². The number of likely N-dealkylation sites (tertiary alicyclic amines) is 1. The first kappa shape index (κ1) is 17.0. The molecular weight excluding hydrogens is 308 g/mol. The number of aromatic nitrogens is 2. The van der Waals surface area contributed by atoms with Gasteiger partial charge in [0.25, 0.3) is 5.91 Å². The van der Waals surface area contributed by atoms with Crippen LogP contribution >= 0.6 is 0 Å². The normalized spacial score (nSPS) is 22.0. The summed E-state index contributed by atoms with van der Waals surface area (Å²) in [5.74, 6) is 0.290. The topological polar surface area (TPSA) is 87.3 Å². The molecule has 1 aliphatic heterocycles. The van der Waals surface area contributed by atoms with Gasteiger partial charge in [-0.25, -0.2) is 0 Å². The van der Waals surface area contributed by atoms with Gasteiger partial charge in [0.05, 0.1) is 12.0 Å². The maximum Gasteiger partial charge on any atom is 0.274 e. The molecule has 0 bridgehead atoms. The Hall–Kier alpha value is -1.89. The van der Waals surface area contributed by atoms with Crippen LogP contribution in [-0.4, -0.2) is 59.8 Å². The van der Waals surface area contributed by atoms with Crippen molar-refractivity contribution in [2.45, 2.75) is 45.1 Å². The molecule has 0 aromatic carbocycles. The van der Waals surface area contributed by atoms with Crippen molar-refractivity contribution in [3.63, 3.8) is 0 Å². The van der Waals surface area contributed by atoms with E-state index in [0.717, 1.165) is 25.0 Å². The fourth-order valence-corrected chi connectivity index (χ4v) is 3.17. The van der Waals surface area contributed by atoms with Crippen LogP contribution in [0.15, 0.2) is 6.07 Å². The van der Waals surface area contributed by atoms with Crippen molar-refractivity contribution >= 4 is 11.8 Å². The lowest BCUT2D eigenvalue weighted by Gasteiger charge is -2.19. The Morgan fingerprint density at radius 3 is 2.83 bits per heavy atom. The number of H-pyrrole nitrogens is 1. The Balaban J connectivity index is 1.55. The summed E-state index contributed by atoms with van der Waals surface area (Å²) in [6.45, 7) is 5.76. The van der Waals surface area contributed by atoms with Crippen molar-refractivity contribution in [1.82, 2.24) is 20.4 Å². The highest BCUT2D eigenvalue weighted by Gasteiger charge is 2.50. The predicted octanol–water partition coefficient (Wildman–Crippen LogP) is 1.29. The molecule has 7 heteroatoms. The maximum absolute atomic E-state index is 12.5. The van der Waals surface area contributed by atoms with Crippen LogP contribution in [0.2, 0.25) is 0 Å². The lowest BCUT2D eigenvalue weighted by atomic mass is 10.1. The third-order valence-electron chi connectivity index (χ3n) is 5.01. The van der Waals surface area contributed by atoms with Gasteiger partial charge < -0.3 is 15.0 Å². The summed E-state index contributed by atoms with van der Waals surface area (Å²) in [6, 6.07) is 1.83. The Kier molecular flexibility index (Phi) is 4.62. The number of carbonyl (C=O) groups is 2. The second kappa shape index (κ2) is 6.55. The van der Waals surface area contributed by atoms with Gasteiger partial charge >= 0.3 is 0 Å². The quantitative estimate of drug-likeness (QED) is 0.821. The largest absolute Gasteiger partial charge is 0.384 e. The van der Waals surface area contributed by atoms with Gasteiger partial charge in [0, 0.05) is 31.9 Å². The van der Waals surface area contributed by atoms with E-state index < -0.39 is 0 Å². The van der Waals surface area contributed by atoms with Gasteiger partial charge in [0.15, 0.2) is 0 Å². The predicted molar refractivity (Wildman–Crippen MR) is 88.7 cm³/mol. The van der Waals surface area contributed by atoms with Crippen LogP contribution in [0.3, 0.4) is 0 Å². The van der Waals surface area contributed by atoms with Crippen molar-refractivity contribution in [3.05, 3.63) is 17.5 Å². The summed E-state index contributed by atoms with van der Waals surface area (Å²) < 4.78 is 5.16. The van der Waals surface area contributed by atoms with Crippen LogP contribution in [0.1, 0.15) is 55.2 Å². The van der Waals surface area contributed by atoms with Crippen molar-refractivity contribution in [2.24, 2.45) is 5.41 Å². The molecule has 0 spiro atoms. The van der Waals surface area contributed by atoms with Crippen LogP contribution in [0.5, 0.6) is 0 Å². The van der Waals surface area contributed by atoms with Crippen LogP contribution in [-0.2, 0) is 9.53 Å². The zero-order valence-electron chi connectivity index (χ0n) is 14.6. The molecule has 2 amide bonds. The minimum atomic E-state index is -0.333. The molecule has 1 saturated heterocycles. The van der Waals surface area contributed by atoms with E-state index in [0.29, 0.717) is 31.3 Å². The summed E-state index contributed by atoms with van der Waals surface area (Å²) in [5, 5.41) is 10.1. The van der Waals surface area contributed by atoms with E-state index in [1.165, 1.54) is 0 Å². The Labute approximate surface area is 142 Å². The lowest BCUT2D eigenvalue weighted by Crippen LogP contribution is -2.43. The van der Waals surface area contributed by atoms with E-state index in [4.69, 9.17) is 4.74 Å². The molecule has 1 saturated carbocycles. The molecule has 0 radical (unpaired) electrons. The first-order valence-electron chi connectivity index (χ1n) is 8.60. The monoisotopic (exact) mass is 334 g/mol. The molecule has 1 atom stereocenters. The number of nitrogens with one attached hydrogen (secondary N) is 2. The van der Waals surface area contributed by atoms with Gasteiger partial charge in [0.2, 0.25) is 5.91 Å². The van der Waals surface area contributed by atoms with Crippen molar-refractivity contribution in [3.8, 4) is 0 Å². The number of ether oxygens (including phenoxy) is 1. The summed E-state index contributed by atoms with van der Waals surface area (Å²) >= 11 is 0. The minimum Gasteiger partial charge on any atom is -0.384 e. The van der Waals surface area contributed by atoms with Crippen LogP contribution in [0.25, 0.3) is 0 Å². The molecule has 1 aliphatic carbocycles. The standard InChI is InChI=1S/C17H26N4O3/c1-11(2)13-8-14(20-19-13)15(22)21-7-4-12(9-21)18-16(23)17(5-6-17)10-24-3/h8,11-12H,4-7,9-10H2,1-3H3,(H,18,23)(H,19,20). The van der Waals surface area contributed by atoms with Crippen LogP contribution < -0.4 is 5.32 Å². The Bertz CT molecular complexity index is 621. The Morgan fingerprint density at radius 1 is 1.50 bits per heavy atom. The number of hydrogen-bond acceptors (Lipinski definition) is 4. The molecule has 3 rings (SSSR count). The lowest BCUT2D eigenvalue weighted by molar-refractivity contribution is -0.128. The summed E-state index contributed by atoms with van der Waals surface area (Å²) in [6.07, 6.45) is 2.54. The number of hydrogen-bond donors (Lipinski definition) is 2. The first-order valence-corrected chi connectivity index (χ1v) is 8.60. The smallest absolute Gasteiger partial charge is 0.274 e. The van der Waals surface area contributed by atoms with E-state index in [2.05, 4.69) is 29.4 Å². The number of aromatic amines is 1. The molecular formula is C17H26N4O3. The minimum absolute atomic E-state index is 0.0132. The summed E-state index contributed by atoms with van der Waals surface area (Å²) in [4.78, 5) is 26.7. The van der Waals surface area contributed by atoms with E-state index in [-0.39, 0.29) is 23.3 Å². The second-order valence-electron chi connectivity index (χ2n) is 7.29. The van der Waals surface area contributed by atoms with Crippen molar-refractivity contribution in [2.75, 3.05) is 26.8 Å². The van der Waals surface area contributed by atoms with Gasteiger partial charge in [-0.05, 0) is 31.2 Å². The SMILES string of the molecule is COCC1(C(=O)NC2CCN(C(=O)c3cc(C(C)C)[nH]n3)C2)CC1. The fourth-order valence-electron chi connectivity index (χ4n) is 3.17. The third-order valence-corrected chi connectivity index (χ3v) is 5.01. The average Bonchev–Trinajstić information content (AvgIpc) is 3.00. The molecule has 1 unspecified atom stereocenters. The molecule has 132 valence electrons. The van der Waals surface area contributed by atoms with Gasteiger partial charge in [-0.2, -0.15) is 5.10 Å². The third kappa shape index (κ3) is 3.31. The summed E-state index contributed by atoms with van der Waals surface area (Å²) in [5.41, 5.74) is 1.07. The first-order chi connectivity index (χ1) is 11.4. The highest BCUT2D eigenvalue weighted by atomic mass is 16.5. The van der Waals surface area contributed by atoms with Gasteiger partial charge in [0.1, 0.15) is 5.69 Å². The molecule has 24 heavy (non-hydrogen) atoms. The zero-order valence-corrected chi connectivity index (χ0v) is 14.6. The maximum atomic E-state index is 12.5. The molecule has 2 N–H and O–H groups in total.